The highest BCUT2D eigenvalue weighted by molar-refractivity contribution is 7.91. The summed E-state index contributed by atoms with van der Waals surface area (Å²) in [5.74, 6) is 0.0689. The summed E-state index contributed by atoms with van der Waals surface area (Å²) in [5, 5.41) is 12.8. The van der Waals surface area contributed by atoms with Crippen molar-refractivity contribution in [3.05, 3.63) is 59.2 Å². The number of sulfone groups is 1. The second-order valence-corrected chi connectivity index (χ2v) is 9.81. The van der Waals surface area contributed by atoms with E-state index in [0.29, 0.717) is 24.7 Å². The molecule has 30 heavy (non-hydrogen) atoms. The van der Waals surface area contributed by atoms with Crippen LogP contribution in [0.1, 0.15) is 67.1 Å². The topological polar surface area (TPSA) is 83.9 Å². The van der Waals surface area contributed by atoms with Crippen LogP contribution in [0.2, 0.25) is 0 Å². The number of hydrogen-bond donors (Lipinski definition) is 1. The molecule has 0 fully saturated rings. The first-order valence-corrected chi connectivity index (χ1v) is 11.9. The van der Waals surface area contributed by atoms with Crippen LogP contribution < -0.4 is 4.74 Å². The van der Waals surface area contributed by atoms with Crippen LogP contribution in [0.15, 0.2) is 47.4 Å². The van der Waals surface area contributed by atoms with Crippen LogP contribution in [0.5, 0.6) is 5.75 Å². The molecule has 2 aromatic carbocycles. The van der Waals surface area contributed by atoms with Gasteiger partial charge in [0.25, 0.3) is 0 Å². The van der Waals surface area contributed by atoms with E-state index in [4.69, 9.17) is 4.74 Å². The third-order valence-electron chi connectivity index (χ3n) is 6.08. The zero-order valence-electron chi connectivity index (χ0n) is 17.7. The Kier molecular flexibility index (Phi) is 6.65. The van der Waals surface area contributed by atoms with E-state index in [1.165, 1.54) is 18.2 Å². The first kappa shape index (κ1) is 22.5. The van der Waals surface area contributed by atoms with E-state index in [0.717, 1.165) is 18.4 Å². The monoisotopic (exact) mass is 431 g/mol. The van der Waals surface area contributed by atoms with Gasteiger partial charge < -0.3 is 9.94 Å². The molecule has 0 saturated heterocycles. The van der Waals surface area contributed by atoms with E-state index in [-0.39, 0.29) is 22.0 Å². The van der Waals surface area contributed by atoms with Crippen molar-refractivity contribution in [3.63, 3.8) is 0 Å². The molecule has 0 unspecified atom stereocenters. The molecule has 0 aliphatic carbocycles. The van der Waals surface area contributed by atoms with Crippen molar-refractivity contribution >= 4 is 16.1 Å². The molecule has 162 valence electrons. The molecule has 2 atom stereocenters. The number of fused-ring (bicyclic) bond motifs is 1. The Labute approximate surface area is 178 Å². The van der Waals surface area contributed by atoms with Gasteiger partial charge in [-0.2, -0.15) is 5.06 Å². The Bertz CT molecular complexity index is 1010. The van der Waals surface area contributed by atoms with Crippen LogP contribution in [0, 0.1) is 0 Å². The van der Waals surface area contributed by atoms with E-state index in [9.17, 15) is 18.4 Å². The molecule has 6 nitrogen and oxygen atoms in total. The van der Waals surface area contributed by atoms with Crippen molar-refractivity contribution in [2.24, 2.45) is 0 Å². The van der Waals surface area contributed by atoms with E-state index >= 15 is 0 Å². The highest BCUT2D eigenvalue weighted by Crippen LogP contribution is 2.45. The minimum Gasteiger partial charge on any atom is -0.496 e. The number of aldehydes is 1. The number of ether oxygens (including phenoxy) is 1. The standard InChI is InChI=1S/C23H29NO5S/c1-4-6-12-23(5-2)16-30(27,28)21-13-18(15-25)20(29-3)14-19(21)22(24(23)26)17-10-8-7-9-11-17/h7-11,13-15,22,26H,4-6,12,16H2,1-3H3/t22-,23-/m1/s1. The lowest BCUT2D eigenvalue weighted by atomic mass is 9.87. The van der Waals surface area contributed by atoms with E-state index < -0.39 is 21.4 Å². The predicted molar refractivity (Wildman–Crippen MR) is 115 cm³/mol. The molecule has 3 rings (SSSR count). The van der Waals surface area contributed by atoms with Crippen LogP contribution in [0.3, 0.4) is 0 Å². The number of hydrogen-bond acceptors (Lipinski definition) is 6. The van der Waals surface area contributed by atoms with Crippen LogP contribution in [-0.2, 0) is 9.84 Å². The maximum atomic E-state index is 13.5. The summed E-state index contributed by atoms with van der Waals surface area (Å²) in [6, 6.07) is 11.6. The third kappa shape index (κ3) is 3.89. The Morgan fingerprint density at radius 3 is 2.50 bits per heavy atom. The van der Waals surface area contributed by atoms with Gasteiger partial charge in [0.1, 0.15) is 5.75 Å². The lowest BCUT2D eigenvalue weighted by molar-refractivity contribution is -0.193. The van der Waals surface area contributed by atoms with Gasteiger partial charge in [-0.3, -0.25) is 4.79 Å². The molecule has 1 heterocycles. The fraction of sp³-hybridized carbons (Fsp3) is 0.435. The van der Waals surface area contributed by atoms with Gasteiger partial charge in [0.2, 0.25) is 0 Å². The number of methoxy groups -OCH3 is 1. The van der Waals surface area contributed by atoms with E-state index in [1.54, 1.807) is 6.07 Å². The number of carbonyl (C=O) groups is 1. The molecule has 7 heteroatoms. The molecule has 1 N–H and O–H groups in total. The number of benzene rings is 2. The molecular weight excluding hydrogens is 402 g/mol. The van der Waals surface area contributed by atoms with E-state index in [2.05, 4.69) is 0 Å². The van der Waals surface area contributed by atoms with Crippen molar-refractivity contribution in [1.29, 1.82) is 0 Å². The largest absolute Gasteiger partial charge is 0.496 e. The summed E-state index contributed by atoms with van der Waals surface area (Å²) in [4.78, 5) is 11.6. The molecule has 0 saturated carbocycles. The fourth-order valence-electron chi connectivity index (χ4n) is 4.34. The maximum absolute atomic E-state index is 13.5. The Morgan fingerprint density at radius 1 is 1.23 bits per heavy atom. The molecule has 0 aromatic heterocycles. The molecule has 0 amide bonds. The number of nitrogens with zero attached hydrogens (tertiary/aromatic N) is 1. The van der Waals surface area contributed by atoms with Crippen LogP contribution in [0.25, 0.3) is 0 Å². The highest BCUT2D eigenvalue weighted by Gasteiger charge is 2.48. The molecule has 0 spiro atoms. The lowest BCUT2D eigenvalue weighted by Gasteiger charge is -2.42. The zero-order chi connectivity index (χ0) is 21.9. The molecule has 1 aliphatic rings. The van der Waals surface area contributed by atoms with Crippen molar-refractivity contribution in [1.82, 2.24) is 5.06 Å². The van der Waals surface area contributed by atoms with Crippen molar-refractivity contribution in [2.75, 3.05) is 12.9 Å². The Balaban J connectivity index is 2.35. The summed E-state index contributed by atoms with van der Waals surface area (Å²) >= 11 is 0. The molecule has 1 aliphatic heterocycles. The van der Waals surface area contributed by atoms with Gasteiger partial charge in [0.05, 0.1) is 34.9 Å². The number of unbranched alkanes of at least 4 members (excludes halogenated alkanes) is 1. The normalized spacial score (nSPS) is 23.4. The molecule has 0 radical (unpaired) electrons. The quantitative estimate of drug-likeness (QED) is 0.654. The van der Waals surface area contributed by atoms with Crippen LogP contribution in [0.4, 0.5) is 0 Å². The van der Waals surface area contributed by atoms with Crippen molar-refractivity contribution in [3.8, 4) is 5.75 Å². The van der Waals surface area contributed by atoms with Crippen molar-refractivity contribution in [2.45, 2.75) is 56.0 Å². The lowest BCUT2D eigenvalue weighted by Crippen LogP contribution is -2.51. The Morgan fingerprint density at radius 2 is 1.93 bits per heavy atom. The average molecular weight is 432 g/mol. The smallest absolute Gasteiger partial charge is 0.180 e. The molecule has 2 aromatic rings. The maximum Gasteiger partial charge on any atom is 0.180 e. The minimum absolute atomic E-state index is 0.0742. The van der Waals surface area contributed by atoms with Gasteiger partial charge in [-0.15, -0.1) is 0 Å². The first-order valence-electron chi connectivity index (χ1n) is 10.3. The van der Waals surface area contributed by atoms with E-state index in [1.807, 2.05) is 44.2 Å². The summed E-state index contributed by atoms with van der Waals surface area (Å²) < 4.78 is 32.4. The van der Waals surface area contributed by atoms with Crippen molar-refractivity contribution < 1.29 is 23.2 Å². The van der Waals surface area contributed by atoms with Gasteiger partial charge in [-0.05, 0) is 36.1 Å². The van der Waals surface area contributed by atoms with Crippen LogP contribution in [-0.4, -0.2) is 43.4 Å². The second-order valence-electron chi connectivity index (χ2n) is 7.85. The third-order valence-corrected chi connectivity index (χ3v) is 8.02. The van der Waals surface area contributed by atoms with Gasteiger partial charge in [-0.25, -0.2) is 8.42 Å². The van der Waals surface area contributed by atoms with Gasteiger partial charge in [-0.1, -0.05) is 57.0 Å². The average Bonchev–Trinajstić information content (AvgIpc) is 2.83. The fourth-order valence-corrected chi connectivity index (χ4v) is 6.52. The minimum atomic E-state index is -3.78. The number of carbonyl (C=O) groups excluding carboxylic acids is 1. The SMILES string of the molecule is CCCC[C@]1(CC)CS(=O)(=O)c2cc(C=O)c(OC)cc2[C@@H](c2ccccc2)N1O. The highest BCUT2D eigenvalue weighted by atomic mass is 32.2. The number of rotatable bonds is 7. The molecular formula is C23H29NO5S. The van der Waals surface area contributed by atoms with Gasteiger partial charge >= 0.3 is 0 Å². The number of hydroxylamine groups is 2. The Hall–Kier alpha value is -2.22. The summed E-state index contributed by atoms with van der Waals surface area (Å²) in [6.07, 6.45) is 3.29. The first-order chi connectivity index (χ1) is 14.3. The molecule has 0 bridgehead atoms. The zero-order valence-corrected chi connectivity index (χ0v) is 18.5. The van der Waals surface area contributed by atoms with Gasteiger partial charge in [0.15, 0.2) is 16.1 Å². The van der Waals surface area contributed by atoms with Crippen LogP contribution >= 0.6 is 0 Å². The summed E-state index contributed by atoms with van der Waals surface area (Å²) in [7, 11) is -2.34. The predicted octanol–water partition coefficient (Wildman–Crippen LogP) is 4.41. The summed E-state index contributed by atoms with van der Waals surface area (Å²) in [6.45, 7) is 3.95. The second kappa shape index (κ2) is 8.88. The summed E-state index contributed by atoms with van der Waals surface area (Å²) in [5.41, 5.74) is 0.420. The van der Waals surface area contributed by atoms with Gasteiger partial charge in [0, 0.05) is 0 Å².